The second-order valence-electron chi connectivity index (χ2n) is 8.64. The number of nitrogens with zero attached hydrogens (tertiary/aromatic N) is 2. The molecule has 0 saturated carbocycles. The van der Waals surface area contributed by atoms with Crippen molar-refractivity contribution >= 4 is 11.9 Å². The maximum absolute atomic E-state index is 12.3. The SMILES string of the molecule is CN=C(NCc1cccc(C(=O)NC(C)(C)C)c1)N1CCC(C)(C)C1. The minimum atomic E-state index is -0.240. The fourth-order valence-corrected chi connectivity index (χ4v) is 3.04. The lowest BCUT2D eigenvalue weighted by atomic mass is 9.93. The number of rotatable bonds is 3. The van der Waals surface area contributed by atoms with Crippen LogP contribution in [0.2, 0.25) is 0 Å². The molecule has 25 heavy (non-hydrogen) atoms. The number of carbonyl (C=O) groups is 1. The van der Waals surface area contributed by atoms with Gasteiger partial charge in [-0.15, -0.1) is 0 Å². The lowest BCUT2D eigenvalue weighted by Gasteiger charge is -2.24. The molecule has 0 aromatic heterocycles. The number of guanidine groups is 1. The summed E-state index contributed by atoms with van der Waals surface area (Å²) in [5.41, 5.74) is 1.85. The predicted molar refractivity (Wildman–Crippen MR) is 104 cm³/mol. The summed E-state index contributed by atoms with van der Waals surface area (Å²) in [6.07, 6.45) is 1.18. The number of amides is 1. The van der Waals surface area contributed by atoms with Gasteiger partial charge in [0.25, 0.3) is 5.91 Å². The summed E-state index contributed by atoms with van der Waals surface area (Å²) in [6, 6.07) is 7.75. The van der Waals surface area contributed by atoms with E-state index in [1.54, 1.807) is 0 Å². The third-order valence-corrected chi connectivity index (χ3v) is 4.32. The minimum absolute atomic E-state index is 0.0416. The molecule has 1 aromatic rings. The van der Waals surface area contributed by atoms with E-state index < -0.39 is 0 Å². The van der Waals surface area contributed by atoms with Crippen molar-refractivity contribution in [3.63, 3.8) is 0 Å². The first-order valence-electron chi connectivity index (χ1n) is 8.97. The van der Waals surface area contributed by atoms with Gasteiger partial charge in [-0.1, -0.05) is 26.0 Å². The average molecular weight is 345 g/mol. The Kier molecular flexibility index (Phi) is 5.76. The topological polar surface area (TPSA) is 56.7 Å². The minimum Gasteiger partial charge on any atom is -0.352 e. The van der Waals surface area contributed by atoms with Gasteiger partial charge in [0.2, 0.25) is 0 Å². The van der Waals surface area contributed by atoms with Gasteiger partial charge in [0.15, 0.2) is 5.96 Å². The molecular formula is C20H32N4O. The van der Waals surface area contributed by atoms with Crippen molar-refractivity contribution in [2.75, 3.05) is 20.1 Å². The van der Waals surface area contributed by atoms with E-state index in [1.807, 2.05) is 52.1 Å². The van der Waals surface area contributed by atoms with Crippen LogP contribution < -0.4 is 10.6 Å². The van der Waals surface area contributed by atoms with Crippen LogP contribution in [0.5, 0.6) is 0 Å². The molecule has 5 heteroatoms. The lowest BCUT2D eigenvalue weighted by Crippen LogP contribution is -2.41. The molecule has 1 aromatic carbocycles. The van der Waals surface area contributed by atoms with Crippen molar-refractivity contribution in [3.05, 3.63) is 35.4 Å². The summed E-state index contributed by atoms with van der Waals surface area (Å²) in [5.74, 6) is 0.884. The van der Waals surface area contributed by atoms with Gasteiger partial charge in [-0.2, -0.15) is 0 Å². The van der Waals surface area contributed by atoms with Crippen LogP contribution in [0.4, 0.5) is 0 Å². The highest BCUT2D eigenvalue weighted by atomic mass is 16.1. The Labute approximate surface area is 151 Å². The number of nitrogens with one attached hydrogen (secondary N) is 2. The van der Waals surface area contributed by atoms with Gasteiger partial charge in [0.1, 0.15) is 0 Å². The summed E-state index contributed by atoms with van der Waals surface area (Å²) >= 11 is 0. The summed E-state index contributed by atoms with van der Waals surface area (Å²) in [6.45, 7) is 13.2. The zero-order chi connectivity index (χ0) is 18.7. The first kappa shape index (κ1) is 19.3. The molecule has 0 unspecified atom stereocenters. The van der Waals surface area contributed by atoms with E-state index in [9.17, 15) is 4.79 Å². The first-order valence-corrected chi connectivity index (χ1v) is 8.97. The molecule has 2 N–H and O–H groups in total. The molecule has 0 spiro atoms. The van der Waals surface area contributed by atoms with Crippen LogP contribution in [0.3, 0.4) is 0 Å². The highest BCUT2D eigenvalue weighted by Crippen LogP contribution is 2.28. The fraction of sp³-hybridized carbons (Fsp3) is 0.600. The molecular weight excluding hydrogens is 312 g/mol. The van der Waals surface area contributed by atoms with E-state index in [1.165, 1.54) is 6.42 Å². The molecule has 1 heterocycles. The van der Waals surface area contributed by atoms with Gasteiger partial charge in [0, 0.05) is 37.8 Å². The molecule has 1 amide bonds. The first-order chi connectivity index (χ1) is 11.6. The molecule has 0 atom stereocenters. The van der Waals surface area contributed by atoms with Crippen molar-refractivity contribution in [1.82, 2.24) is 15.5 Å². The Hall–Kier alpha value is -2.04. The molecule has 5 nitrogen and oxygen atoms in total. The molecule has 0 aliphatic carbocycles. The van der Waals surface area contributed by atoms with Gasteiger partial charge in [-0.3, -0.25) is 9.79 Å². The van der Waals surface area contributed by atoms with Gasteiger partial charge in [0.05, 0.1) is 0 Å². The highest BCUT2D eigenvalue weighted by Gasteiger charge is 2.30. The predicted octanol–water partition coefficient (Wildman–Crippen LogP) is 3.02. The molecule has 1 aliphatic rings. The number of hydrogen-bond acceptors (Lipinski definition) is 2. The summed E-state index contributed by atoms with van der Waals surface area (Å²) in [7, 11) is 1.82. The van der Waals surface area contributed by atoms with Crippen LogP contribution in [0.25, 0.3) is 0 Å². The standard InChI is InChI=1S/C20H32N4O/c1-19(2,3)23-17(25)16-9-7-8-15(12-16)13-22-18(21-6)24-11-10-20(4,5)14-24/h7-9,12H,10-11,13-14H2,1-6H3,(H,21,22)(H,23,25). The van der Waals surface area contributed by atoms with Gasteiger partial charge in [-0.25, -0.2) is 0 Å². The van der Waals surface area contributed by atoms with E-state index in [0.29, 0.717) is 17.5 Å². The van der Waals surface area contributed by atoms with Crippen molar-refractivity contribution in [2.45, 2.75) is 53.1 Å². The van der Waals surface area contributed by atoms with E-state index in [0.717, 1.165) is 24.6 Å². The zero-order valence-corrected chi connectivity index (χ0v) is 16.4. The molecule has 1 fully saturated rings. The maximum atomic E-state index is 12.3. The zero-order valence-electron chi connectivity index (χ0n) is 16.4. The quantitative estimate of drug-likeness (QED) is 0.655. The number of likely N-dealkylation sites (tertiary alicyclic amines) is 1. The van der Waals surface area contributed by atoms with Crippen LogP contribution in [0, 0.1) is 5.41 Å². The molecule has 1 aliphatic heterocycles. The number of hydrogen-bond donors (Lipinski definition) is 2. The molecule has 2 rings (SSSR count). The van der Waals surface area contributed by atoms with Crippen molar-refractivity contribution < 1.29 is 4.79 Å². The lowest BCUT2D eigenvalue weighted by molar-refractivity contribution is 0.0919. The largest absolute Gasteiger partial charge is 0.352 e. The molecule has 0 bridgehead atoms. The Morgan fingerprint density at radius 2 is 2.04 bits per heavy atom. The molecule has 1 saturated heterocycles. The molecule has 0 radical (unpaired) electrons. The maximum Gasteiger partial charge on any atom is 0.251 e. The Balaban J connectivity index is 1.99. The van der Waals surface area contributed by atoms with Crippen LogP contribution in [0.1, 0.15) is 57.0 Å². The Bertz CT molecular complexity index is 643. The van der Waals surface area contributed by atoms with Crippen molar-refractivity contribution in [1.29, 1.82) is 0 Å². The van der Waals surface area contributed by atoms with Crippen LogP contribution in [-0.2, 0) is 6.54 Å². The summed E-state index contributed by atoms with van der Waals surface area (Å²) < 4.78 is 0. The van der Waals surface area contributed by atoms with Crippen molar-refractivity contribution in [3.8, 4) is 0 Å². The highest BCUT2D eigenvalue weighted by molar-refractivity contribution is 5.94. The van der Waals surface area contributed by atoms with E-state index in [-0.39, 0.29) is 11.4 Å². The second-order valence-corrected chi connectivity index (χ2v) is 8.64. The normalized spacial score (nSPS) is 17.5. The van der Waals surface area contributed by atoms with E-state index in [4.69, 9.17) is 0 Å². The van der Waals surface area contributed by atoms with Gasteiger partial charge < -0.3 is 15.5 Å². The monoisotopic (exact) mass is 344 g/mol. The van der Waals surface area contributed by atoms with Gasteiger partial charge in [-0.05, 0) is 50.3 Å². The van der Waals surface area contributed by atoms with E-state index in [2.05, 4.69) is 34.4 Å². The Morgan fingerprint density at radius 3 is 2.60 bits per heavy atom. The van der Waals surface area contributed by atoms with Crippen LogP contribution >= 0.6 is 0 Å². The van der Waals surface area contributed by atoms with Crippen LogP contribution in [-0.4, -0.2) is 42.4 Å². The smallest absolute Gasteiger partial charge is 0.251 e. The number of aliphatic imine (C=N–C) groups is 1. The molecule has 138 valence electrons. The van der Waals surface area contributed by atoms with Crippen LogP contribution in [0.15, 0.2) is 29.3 Å². The van der Waals surface area contributed by atoms with Crippen molar-refractivity contribution in [2.24, 2.45) is 10.4 Å². The second kappa shape index (κ2) is 7.46. The number of benzene rings is 1. The third kappa shape index (κ3) is 5.76. The summed E-state index contributed by atoms with van der Waals surface area (Å²) in [4.78, 5) is 19.0. The van der Waals surface area contributed by atoms with Gasteiger partial charge >= 0.3 is 0 Å². The third-order valence-electron chi connectivity index (χ3n) is 4.32. The van der Waals surface area contributed by atoms with E-state index >= 15 is 0 Å². The summed E-state index contributed by atoms with van der Waals surface area (Å²) in [5, 5.41) is 6.43. The fourth-order valence-electron chi connectivity index (χ4n) is 3.04. The Morgan fingerprint density at radius 1 is 1.32 bits per heavy atom. The number of carbonyl (C=O) groups excluding carboxylic acids is 1. The average Bonchev–Trinajstić information content (AvgIpc) is 2.86.